The Balaban J connectivity index is 2.61. The molecule has 0 aliphatic heterocycles. The number of anilines is 1. The zero-order valence-corrected chi connectivity index (χ0v) is 8.54. The maximum atomic E-state index is 12.0. The van der Waals surface area contributed by atoms with Crippen molar-refractivity contribution in [2.24, 2.45) is 0 Å². The van der Waals surface area contributed by atoms with Gasteiger partial charge in [-0.15, -0.1) is 0 Å². The molecular formula is C9H13F2N3O. The van der Waals surface area contributed by atoms with E-state index in [-0.39, 0.29) is 6.54 Å². The highest BCUT2D eigenvalue weighted by Crippen LogP contribution is 2.09. The third-order valence-electron chi connectivity index (χ3n) is 1.85. The van der Waals surface area contributed by atoms with Crippen LogP contribution in [0.25, 0.3) is 0 Å². The van der Waals surface area contributed by atoms with Crippen molar-refractivity contribution in [1.82, 2.24) is 9.97 Å². The Bertz CT molecular complexity index is 333. The second-order valence-corrected chi connectivity index (χ2v) is 3.23. The van der Waals surface area contributed by atoms with Gasteiger partial charge in [-0.25, -0.2) is 13.8 Å². The molecule has 1 aromatic rings. The Labute approximate surface area is 86.4 Å². The summed E-state index contributed by atoms with van der Waals surface area (Å²) in [6, 6.07) is 0. The predicted octanol–water partition coefficient (Wildman–Crippen LogP) is 1.13. The van der Waals surface area contributed by atoms with Gasteiger partial charge in [0.15, 0.2) is 0 Å². The Morgan fingerprint density at radius 2 is 2.13 bits per heavy atom. The van der Waals surface area contributed by atoms with Crippen molar-refractivity contribution < 1.29 is 13.9 Å². The van der Waals surface area contributed by atoms with E-state index >= 15 is 0 Å². The largest absolute Gasteiger partial charge is 0.385 e. The van der Waals surface area contributed by atoms with Gasteiger partial charge in [-0.3, -0.25) is 4.98 Å². The number of aliphatic hydroxyl groups excluding tert-OH is 1. The van der Waals surface area contributed by atoms with Crippen LogP contribution in [0.1, 0.15) is 11.4 Å². The molecule has 2 N–H and O–H groups in total. The van der Waals surface area contributed by atoms with Crippen LogP contribution in [0, 0.1) is 13.8 Å². The van der Waals surface area contributed by atoms with E-state index in [0.29, 0.717) is 17.2 Å². The summed E-state index contributed by atoms with van der Waals surface area (Å²) in [6.07, 6.45) is -2.85. The lowest BCUT2D eigenvalue weighted by molar-refractivity contribution is 0.00379. The first-order chi connectivity index (χ1) is 7.00. The molecule has 1 rings (SSSR count). The van der Waals surface area contributed by atoms with Crippen molar-refractivity contribution in [2.75, 3.05) is 11.9 Å². The summed E-state index contributed by atoms with van der Waals surface area (Å²) in [5, 5.41) is 11.5. The fourth-order valence-electron chi connectivity index (χ4n) is 0.995. The van der Waals surface area contributed by atoms with Crippen LogP contribution in [0.4, 0.5) is 14.6 Å². The fourth-order valence-corrected chi connectivity index (χ4v) is 0.995. The first kappa shape index (κ1) is 11.8. The zero-order chi connectivity index (χ0) is 11.4. The molecule has 1 unspecified atom stereocenters. The van der Waals surface area contributed by atoms with Crippen molar-refractivity contribution in [3.63, 3.8) is 0 Å². The maximum Gasteiger partial charge on any atom is 0.265 e. The molecule has 6 heteroatoms. The van der Waals surface area contributed by atoms with Gasteiger partial charge < -0.3 is 10.4 Å². The molecule has 0 saturated heterocycles. The summed E-state index contributed by atoms with van der Waals surface area (Å²) < 4.78 is 24.0. The summed E-state index contributed by atoms with van der Waals surface area (Å²) >= 11 is 0. The molecule has 0 aliphatic carbocycles. The van der Waals surface area contributed by atoms with Crippen LogP contribution >= 0.6 is 0 Å². The van der Waals surface area contributed by atoms with E-state index in [9.17, 15) is 8.78 Å². The number of hydrogen-bond acceptors (Lipinski definition) is 4. The number of rotatable bonds is 4. The molecule has 1 heterocycles. The van der Waals surface area contributed by atoms with E-state index in [2.05, 4.69) is 15.3 Å². The van der Waals surface area contributed by atoms with Gasteiger partial charge in [0, 0.05) is 12.7 Å². The molecule has 0 radical (unpaired) electrons. The molecular weight excluding hydrogens is 204 g/mol. The highest BCUT2D eigenvalue weighted by atomic mass is 19.3. The SMILES string of the molecule is Cc1cnc(C)c(NCC(O)C(F)F)n1. The van der Waals surface area contributed by atoms with Crippen LogP contribution in [-0.4, -0.2) is 34.1 Å². The summed E-state index contributed by atoms with van der Waals surface area (Å²) in [6.45, 7) is 3.22. The van der Waals surface area contributed by atoms with Crippen molar-refractivity contribution in [1.29, 1.82) is 0 Å². The number of nitrogens with zero attached hydrogens (tertiary/aromatic N) is 2. The number of aryl methyl sites for hydroxylation is 2. The second-order valence-electron chi connectivity index (χ2n) is 3.23. The lowest BCUT2D eigenvalue weighted by Gasteiger charge is -2.12. The van der Waals surface area contributed by atoms with Gasteiger partial charge >= 0.3 is 0 Å². The molecule has 0 bridgehead atoms. The lowest BCUT2D eigenvalue weighted by atomic mass is 10.3. The standard InChI is InChI=1S/C9H13F2N3O/c1-5-3-12-6(2)9(14-5)13-4-7(15)8(10)11/h3,7-8,15H,4H2,1-2H3,(H,13,14). The van der Waals surface area contributed by atoms with Gasteiger partial charge in [0.2, 0.25) is 0 Å². The number of alkyl halides is 2. The van der Waals surface area contributed by atoms with E-state index in [1.54, 1.807) is 20.0 Å². The summed E-state index contributed by atoms with van der Waals surface area (Å²) in [5.74, 6) is 0.426. The number of aliphatic hydroxyl groups is 1. The van der Waals surface area contributed by atoms with Crippen molar-refractivity contribution >= 4 is 5.82 Å². The Morgan fingerprint density at radius 1 is 1.47 bits per heavy atom. The van der Waals surface area contributed by atoms with Crippen LogP contribution in [0.3, 0.4) is 0 Å². The van der Waals surface area contributed by atoms with Crippen LogP contribution in [0.2, 0.25) is 0 Å². The van der Waals surface area contributed by atoms with Crippen molar-refractivity contribution in [2.45, 2.75) is 26.4 Å². The topological polar surface area (TPSA) is 58.0 Å². The summed E-state index contributed by atoms with van der Waals surface area (Å²) in [7, 11) is 0. The minimum absolute atomic E-state index is 0.239. The third-order valence-corrected chi connectivity index (χ3v) is 1.85. The Kier molecular flexibility index (Phi) is 3.90. The monoisotopic (exact) mass is 217 g/mol. The third kappa shape index (κ3) is 3.39. The zero-order valence-electron chi connectivity index (χ0n) is 8.54. The molecule has 0 amide bonds. The molecule has 0 spiro atoms. The average molecular weight is 217 g/mol. The van der Waals surface area contributed by atoms with Gasteiger partial charge in [0.05, 0.1) is 11.4 Å². The number of hydrogen-bond donors (Lipinski definition) is 2. The molecule has 0 aliphatic rings. The highest BCUT2D eigenvalue weighted by molar-refractivity contribution is 5.39. The Hall–Kier alpha value is -1.30. The summed E-state index contributed by atoms with van der Waals surface area (Å²) in [4.78, 5) is 8.08. The number of aromatic nitrogens is 2. The van der Waals surface area contributed by atoms with Crippen molar-refractivity contribution in [3.8, 4) is 0 Å². The molecule has 84 valence electrons. The molecule has 0 saturated carbocycles. The molecule has 1 aromatic heterocycles. The van der Waals surface area contributed by atoms with Gasteiger partial charge in [0.25, 0.3) is 6.43 Å². The second kappa shape index (κ2) is 4.97. The number of halogens is 2. The normalized spacial score (nSPS) is 12.9. The van der Waals surface area contributed by atoms with Crippen molar-refractivity contribution in [3.05, 3.63) is 17.6 Å². The van der Waals surface area contributed by atoms with Gasteiger partial charge in [-0.2, -0.15) is 0 Å². The predicted molar refractivity (Wildman–Crippen MR) is 52.0 cm³/mol. The minimum Gasteiger partial charge on any atom is -0.385 e. The first-order valence-electron chi connectivity index (χ1n) is 4.51. The van der Waals surface area contributed by atoms with Gasteiger partial charge in [0.1, 0.15) is 11.9 Å². The van der Waals surface area contributed by atoms with Crippen LogP contribution in [0.5, 0.6) is 0 Å². The molecule has 0 aromatic carbocycles. The minimum atomic E-state index is -2.75. The first-order valence-corrected chi connectivity index (χ1v) is 4.51. The van der Waals surface area contributed by atoms with E-state index in [1.807, 2.05) is 0 Å². The average Bonchev–Trinajstić information content (AvgIpc) is 2.18. The summed E-state index contributed by atoms with van der Waals surface area (Å²) in [5.41, 5.74) is 1.30. The Morgan fingerprint density at radius 3 is 2.73 bits per heavy atom. The smallest absolute Gasteiger partial charge is 0.265 e. The van der Waals surface area contributed by atoms with Crippen LogP contribution < -0.4 is 5.32 Å². The fraction of sp³-hybridized carbons (Fsp3) is 0.556. The highest BCUT2D eigenvalue weighted by Gasteiger charge is 2.16. The van der Waals surface area contributed by atoms with Gasteiger partial charge in [-0.05, 0) is 13.8 Å². The molecule has 0 fully saturated rings. The van der Waals surface area contributed by atoms with E-state index in [1.165, 1.54) is 0 Å². The molecule has 15 heavy (non-hydrogen) atoms. The van der Waals surface area contributed by atoms with Gasteiger partial charge in [-0.1, -0.05) is 0 Å². The molecule has 1 atom stereocenters. The lowest BCUT2D eigenvalue weighted by Crippen LogP contribution is -2.27. The van der Waals surface area contributed by atoms with E-state index < -0.39 is 12.5 Å². The maximum absolute atomic E-state index is 12.0. The number of nitrogens with one attached hydrogen (secondary N) is 1. The van der Waals surface area contributed by atoms with Crippen LogP contribution in [0.15, 0.2) is 6.20 Å². The van der Waals surface area contributed by atoms with E-state index in [0.717, 1.165) is 0 Å². The quantitative estimate of drug-likeness (QED) is 0.793. The van der Waals surface area contributed by atoms with Crippen LogP contribution in [-0.2, 0) is 0 Å². The van der Waals surface area contributed by atoms with E-state index in [4.69, 9.17) is 5.11 Å². The molecule has 4 nitrogen and oxygen atoms in total.